The van der Waals surface area contributed by atoms with E-state index in [1.165, 1.54) is 36.9 Å². The molecule has 0 saturated carbocycles. The van der Waals surface area contributed by atoms with Crippen LogP contribution >= 0.6 is 0 Å². The highest BCUT2D eigenvalue weighted by atomic mass is 16.5. The van der Waals surface area contributed by atoms with Crippen molar-refractivity contribution in [3.8, 4) is 5.75 Å². The van der Waals surface area contributed by atoms with E-state index >= 15 is 0 Å². The molecule has 2 aliphatic rings. The molecular formula is C38H44N4O2. The van der Waals surface area contributed by atoms with Gasteiger partial charge in [0.05, 0.1) is 24.7 Å². The third-order valence-electron chi connectivity index (χ3n) is 9.55. The van der Waals surface area contributed by atoms with Crippen LogP contribution in [0.3, 0.4) is 0 Å². The Labute approximate surface area is 261 Å². The van der Waals surface area contributed by atoms with Gasteiger partial charge in [-0.2, -0.15) is 0 Å². The summed E-state index contributed by atoms with van der Waals surface area (Å²) in [5.74, 6) is 2.64. The normalized spacial score (nSPS) is 18.3. The molecule has 2 atom stereocenters. The number of anilines is 2. The molecule has 1 amide bonds. The fourth-order valence-electron chi connectivity index (χ4n) is 6.89. The molecule has 0 aliphatic carbocycles. The summed E-state index contributed by atoms with van der Waals surface area (Å²) < 4.78 is 5.87. The monoisotopic (exact) mass is 588 g/mol. The van der Waals surface area contributed by atoms with Crippen LogP contribution in [0.4, 0.5) is 11.4 Å². The molecule has 6 heteroatoms. The third-order valence-corrected chi connectivity index (χ3v) is 9.55. The summed E-state index contributed by atoms with van der Waals surface area (Å²) in [5.41, 5.74) is 7.16. The summed E-state index contributed by atoms with van der Waals surface area (Å²) in [4.78, 5) is 25.6. The molecule has 0 spiro atoms. The number of fused-ring (bicyclic) bond motifs is 2. The molecule has 0 radical (unpaired) electrons. The average Bonchev–Trinajstić information content (AvgIpc) is 3.32. The highest BCUT2D eigenvalue weighted by Gasteiger charge is 2.26. The number of amides is 1. The minimum Gasteiger partial charge on any atom is -0.496 e. The first kappa shape index (κ1) is 29.9. The molecule has 6 nitrogen and oxygen atoms in total. The van der Waals surface area contributed by atoms with Crippen LogP contribution in [0.25, 0.3) is 0 Å². The van der Waals surface area contributed by atoms with Crippen molar-refractivity contribution in [3.05, 3.63) is 113 Å². The van der Waals surface area contributed by atoms with E-state index in [-0.39, 0.29) is 11.8 Å². The summed E-state index contributed by atoms with van der Waals surface area (Å²) in [6.45, 7) is 4.53. The Balaban J connectivity index is 1.19. The van der Waals surface area contributed by atoms with E-state index < -0.39 is 0 Å². The number of ether oxygens (including phenoxy) is 1. The number of nitrogens with zero attached hydrogens (tertiary/aromatic N) is 3. The fraction of sp³-hybridized carbons (Fsp3) is 0.395. The molecule has 2 aliphatic heterocycles. The summed E-state index contributed by atoms with van der Waals surface area (Å²) in [5, 5.41) is 3.09. The number of aromatic nitrogens is 2. The van der Waals surface area contributed by atoms with Crippen molar-refractivity contribution in [2.75, 3.05) is 30.4 Å². The molecule has 1 N–H and O–H groups in total. The van der Waals surface area contributed by atoms with Crippen molar-refractivity contribution < 1.29 is 9.53 Å². The maximum Gasteiger partial charge on any atom is 0.256 e. The molecule has 2 unspecified atom stereocenters. The zero-order chi connectivity index (χ0) is 30.3. The van der Waals surface area contributed by atoms with E-state index in [0.717, 1.165) is 78.6 Å². The Kier molecular flexibility index (Phi) is 9.55. The highest BCUT2D eigenvalue weighted by Crippen LogP contribution is 2.34. The molecule has 3 aromatic carbocycles. The number of carbonyl (C=O) groups is 1. The second-order valence-corrected chi connectivity index (χ2v) is 12.3. The van der Waals surface area contributed by atoms with Crippen LogP contribution in [0.5, 0.6) is 5.75 Å². The van der Waals surface area contributed by atoms with Gasteiger partial charge in [0.2, 0.25) is 0 Å². The van der Waals surface area contributed by atoms with Crippen molar-refractivity contribution in [2.45, 2.75) is 70.6 Å². The van der Waals surface area contributed by atoms with Crippen molar-refractivity contribution in [3.63, 3.8) is 0 Å². The number of hydrogen-bond donors (Lipinski definition) is 1. The van der Waals surface area contributed by atoms with Gasteiger partial charge in [0.25, 0.3) is 5.91 Å². The van der Waals surface area contributed by atoms with Crippen LogP contribution < -0.4 is 15.0 Å². The molecular weight excluding hydrogens is 544 g/mol. The molecule has 1 saturated heterocycles. The van der Waals surface area contributed by atoms with Crippen LogP contribution in [0.1, 0.15) is 83.5 Å². The predicted octanol–water partition coefficient (Wildman–Crippen LogP) is 7.81. The molecule has 4 aromatic rings. The Bertz CT molecular complexity index is 1570. The summed E-state index contributed by atoms with van der Waals surface area (Å²) in [7, 11) is 1.76. The number of aryl methyl sites for hydroxylation is 3. The summed E-state index contributed by atoms with van der Waals surface area (Å²) in [6, 6.07) is 25.2. The third kappa shape index (κ3) is 6.96. The lowest BCUT2D eigenvalue weighted by molar-refractivity contribution is 0.102. The molecule has 228 valence electrons. The topological polar surface area (TPSA) is 67.4 Å². The molecule has 0 bridgehead atoms. The van der Waals surface area contributed by atoms with Crippen LogP contribution in [0.2, 0.25) is 0 Å². The van der Waals surface area contributed by atoms with E-state index in [0.29, 0.717) is 12.1 Å². The van der Waals surface area contributed by atoms with Crippen molar-refractivity contribution in [2.24, 2.45) is 5.92 Å². The minimum atomic E-state index is -0.0953. The number of hydrogen-bond acceptors (Lipinski definition) is 5. The van der Waals surface area contributed by atoms with E-state index in [1.54, 1.807) is 13.3 Å². The maximum absolute atomic E-state index is 13.3. The quantitative estimate of drug-likeness (QED) is 0.216. The zero-order valence-corrected chi connectivity index (χ0v) is 26.1. The number of nitrogens with one attached hydrogen (secondary N) is 1. The largest absolute Gasteiger partial charge is 0.496 e. The van der Waals surface area contributed by atoms with E-state index in [2.05, 4.69) is 76.7 Å². The molecule has 1 aromatic heterocycles. The van der Waals surface area contributed by atoms with E-state index in [4.69, 9.17) is 9.72 Å². The zero-order valence-electron chi connectivity index (χ0n) is 26.1. The van der Waals surface area contributed by atoms with Gasteiger partial charge in [-0.15, -0.1) is 0 Å². The van der Waals surface area contributed by atoms with Gasteiger partial charge in [-0.25, -0.2) is 9.97 Å². The summed E-state index contributed by atoms with van der Waals surface area (Å²) in [6.07, 6.45) is 11.0. The molecule has 6 rings (SSSR count). The second kappa shape index (κ2) is 14.1. The number of carbonyl (C=O) groups excluding carboxylic acids is 1. The van der Waals surface area contributed by atoms with E-state index in [1.807, 2.05) is 18.2 Å². The first-order chi connectivity index (χ1) is 21.6. The van der Waals surface area contributed by atoms with Gasteiger partial charge in [-0.1, -0.05) is 67.9 Å². The number of methoxy groups -OCH3 is 1. The van der Waals surface area contributed by atoms with Gasteiger partial charge in [0.1, 0.15) is 11.6 Å². The smallest absolute Gasteiger partial charge is 0.256 e. The van der Waals surface area contributed by atoms with Crippen LogP contribution in [-0.2, 0) is 25.7 Å². The lowest BCUT2D eigenvalue weighted by Gasteiger charge is -2.25. The lowest BCUT2D eigenvalue weighted by Crippen LogP contribution is -2.24. The van der Waals surface area contributed by atoms with Gasteiger partial charge in [-0.05, 0) is 85.6 Å². The Morgan fingerprint density at radius 1 is 0.955 bits per heavy atom. The maximum atomic E-state index is 13.3. The fourth-order valence-corrected chi connectivity index (χ4v) is 6.89. The molecule has 1 fully saturated rings. The lowest BCUT2D eigenvalue weighted by atomic mass is 9.84. The van der Waals surface area contributed by atoms with Crippen molar-refractivity contribution >= 4 is 17.3 Å². The second-order valence-electron chi connectivity index (χ2n) is 12.3. The van der Waals surface area contributed by atoms with Gasteiger partial charge in [0.15, 0.2) is 0 Å². The Morgan fingerprint density at radius 2 is 1.80 bits per heavy atom. The Hall–Kier alpha value is -4.19. The standard InChI is InChI=1S/C38H44N4O2/c1-3-27-12-9-22-42(23-21-27)31-19-17-29(36(25-31)44-2)18-20-37-39-26-35-34(40-37)24-30(16-15-28-10-5-4-6-11-28)32-13-7-8-14-33(32)38(43)41-35/h4-8,10-11,13-14,17,19,25-27,30H,3,9,12,15-16,18,20-24H2,1-2H3,(H,41,43). The van der Waals surface area contributed by atoms with Crippen LogP contribution in [-0.4, -0.2) is 36.1 Å². The van der Waals surface area contributed by atoms with Gasteiger partial charge < -0.3 is 15.0 Å². The van der Waals surface area contributed by atoms with Crippen LogP contribution in [0.15, 0.2) is 79.0 Å². The molecule has 44 heavy (non-hydrogen) atoms. The number of benzene rings is 3. The Morgan fingerprint density at radius 3 is 2.64 bits per heavy atom. The van der Waals surface area contributed by atoms with Crippen molar-refractivity contribution in [1.29, 1.82) is 0 Å². The highest BCUT2D eigenvalue weighted by molar-refractivity contribution is 6.06. The first-order valence-electron chi connectivity index (χ1n) is 16.3. The van der Waals surface area contributed by atoms with Gasteiger partial charge in [-0.3, -0.25) is 4.79 Å². The van der Waals surface area contributed by atoms with Crippen LogP contribution in [0, 0.1) is 5.92 Å². The predicted molar refractivity (Wildman–Crippen MR) is 178 cm³/mol. The minimum absolute atomic E-state index is 0.0953. The average molecular weight is 589 g/mol. The first-order valence-corrected chi connectivity index (χ1v) is 16.3. The van der Waals surface area contributed by atoms with Gasteiger partial charge in [0, 0.05) is 36.8 Å². The molecule has 3 heterocycles. The SMILES string of the molecule is CCC1CCCN(c2ccc(CCc3ncc4c(n3)CC(CCc3ccccc3)c3ccccc3C(=O)N4)c(OC)c2)CC1. The summed E-state index contributed by atoms with van der Waals surface area (Å²) >= 11 is 0. The number of rotatable bonds is 9. The van der Waals surface area contributed by atoms with Crippen molar-refractivity contribution in [1.82, 2.24) is 9.97 Å². The van der Waals surface area contributed by atoms with Gasteiger partial charge >= 0.3 is 0 Å². The van der Waals surface area contributed by atoms with E-state index in [9.17, 15) is 4.79 Å².